The topological polar surface area (TPSA) is 76.1 Å². The zero-order valence-corrected chi connectivity index (χ0v) is 15.3. The van der Waals surface area contributed by atoms with E-state index in [2.05, 4.69) is 4.74 Å². The van der Waals surface area contributed by atoms with Gasteiger partial charge in [0.1, 0.15) is 12.6 Å². The third-order valence-electron chi connectivity index (χ3n) is 5.41. The van der Waals surface area contributed by atoms with E-state index in [4.69, 9.17) is 4.74 Å². The number of carbonyl (C=O) groups is 2. The molecule has 1 heterocycles. The Balaban J connectivity index is 1.49. The quantitative estimate of drug-likeness (QED) is 0.824. The van der Waals surface area contributed by atoms with Crippen molar-refractivity contribution in [2.24, 2.45) is 0 Å². The van der Waals surface area contributed by atoms with Crippen molar-refractivity contribution < 1.29 is 33.0 Å². The molecule has 0 unspecified atom stereocenters. The van der Waals surface area contributed by atoms with Crippen molar-refractivity contribution in [2.45, 2.75) is 31.1 Å². The van der Waals surface area contributed by atoms with Crippen LogP contribution in [0.3, 0.4) is 0 Å². The minimum Gasteiger partial charge on any atom is -0.480 e. The molecule has 4 rings (SSSR count). The molecule has 1 saturated heterocycles. The number of amides is 1. The first-order chi connectivity index (χ1) is 14.0. The Bertz CT molecular complexity index is 889. The van der Waals surface area contributed by atoms with Crippen LogP contribution in [0.5, 0.6) is 0 Å². The first-order valence-electron chi connectivity index (χ1n) is 9.23. The van der Waals surface area contributed by atoms with E-state index in [0.29, 0.717) is 0 Å². The molecule has 6 nitrogen and oxygen atoms in total. The Morgan fingerprint density at radius 2 is 1.66 bits per heavy atom. The van der Waals surface area contributed by atoms with Gasteiger partial charge in [-0.3, -0.25) is 4.90 Å². The summed E-state index contributed by atoms with van der Waals surface area (Å²) in [4.78, 5) is 25.0. The van der Waals surface area contributed by atoms with Gasteiger partial charge in [0.2, 0.25) is 0 Å². The molecule has 2 aromatic rings. The average Bonchev–Trinajstić information content (AvgIpc) is 3.25. The summed E-state index contributed by atoms with van der Waals surface area (Å²) in [5.41, 5.74) is 4.19. The highest BCUT2D eigenvalue weighted by molar-refractivity contribution is 5.81. The Kier molecular flexibility index (Phi) is 5.19. The fourth-order valence-corrected chi connectivity index (χ4v) is 4.15. The van der Waals surface area contributed by atoms with Crippen LogP contribution in [-0.2, 0) is 14.3 Å². The summed E-state index contributed by atoms with van der Waals surface area (Å²) in [6.45, 7) is -3.26. The molecule has 2 aromatic carbocycles. The van der Waals surface area contributed by atoms with Gasteiger partial charge in [-0.1, -0.05) is 48.5 Å². The second kappa shape index (κ2) is 7.79. The van der Waals surface area contributed by atoms with Gasteiger partial charge in [-0.2, -0.15) is 8.78 Å². The average molecular weight is 403 g/mol. The molecule has 0 saturated carbocycles. The number of halogens is 2. The lowest BCUT2D eigenvalue weighted by Crippen LogP contribution is -2.41. The molecular weight excluding hydrogens is 384 g/mol. The summed E-state index contributed by atoms with van der Waals surface area (Å²) in [7, 11) is 0. The first-order valence-corrected chi connectivity index (χ1v) is 9.23. The fourth-order valence-electron chi connectivity index (χ4n) is 4.15. The number of likely N-dealkylation sites (tertiary alicyclic amines) is 1. The maximum Gasteiger partial charge on any atom is 0.410 e. The zero-order valence-electron chi connectivity index (χ0n) is 15.3. The number of ether oxygens (including phenoxy) is 2. The summed E-state index contributed by atoms with van der Waals surface area (Å²) >= 11 is 0. The highest BCUT2D eigenvalue weighted by Crippen LogP contribution is 2.44. The van der Waals surface area contributed by atoms with Crippen LogP contribution in [0.2, 0.25) is 0 Å². The smallest absolute Gasteiger partial charge is 0.410 e. The Morgan fingerprint density at radius 1 is 1.07 bits per heavy atom. The number of benzene rings is 2. The predicted molar refractivity (Wildman–Crippen MR) is 98.7 cm³/mol. The van der Waals surface area contributed by atoms with Crippen molar-refractivity contribution in [1.82, 2.24) is 4.90 Å². The molecule has 152 valence electrons. The van der Waals surface area contributed by atoms with Gasteiger partial charge in [-0.15, -0.1) is 0 Å². The SMILES string of the molecule is O=C(O)[C@@H]1C[C@H](OC(F)F)CN1C(=O)OCC1c2ccccc2-c2ccccc21. The van der Waals surface area contributed by atoms with Gasteiger partial charge in [0.05, 0.1) is 12.6 Å². The van der Waals surface area contributed by atoms with Gasteiger partial charge in [-0.05, 0) is 22.3 Å². The molecule has 0 radical (unpaired) electrons. The molecule has 29 heavy (non-hydrogen) atoms. The largest absolute Gasteiger partial charge is 0.480 e. The highest BCUT2D eigenvalue weighted by atomic mass is 19.3. The van der Waals surface area contributed by atoms with Crippen LogP contribution < -0.4 is 0 Å². The number of alkyl halides is 2. The van der Waals surface area contributed by atoms with Crippen molar-refractivity contribution in [2.75, 3.05) is 13.2 Å². The van der Waals surface area contributed by atoms with E-state index in [1.54, 1.807) is 0 Å². The van der Waals surface area contributed by atoms with Gasteiger partial charge in [0.15, 0.2) is 0 Å². The molecule has 0 aromatic heterocycles. The minimum absolute atomic E-state index is 0.0239. The molecule has 8 heteroatoms. The van der Waals surface area contributed by atoms with Gasteiger partial charge in [0.25, 0.3) is 0 Å². The lowest BCUT2D eigenvalue weighted by Gasteiger charge is -2.22. The first kappa shape index (κ1) is 19.3. The summed E-state index contributed by atoms with van der Waals surface area (Å²) in [5, 5.41) is 9.33. The minimum atomic E-state index is -3.03. The van der Waals surface area contributed by atoms with Gasteiger partial charge in [-0.25, -0.2) is 9.59 Å². The van der Waals surface area contributed by atoms with E-state index in [9.17, 15) is 23.5 Å². The Hall–Kier alpha value is -3.00. The summed E-state index contributed by atoms with van der Waals surface area (Å²) in [6, 6.07) is 14.4. The van der Waals surface area contributed by atoms with E-state index in [-0.39, 0.29) is 25.5 Å². The van der Waals surface area contributed by atoms with E-state index < -0.39 is 30.8 Å². The second-order valence-electron chi connectivity index (χ2n) is 7.06. The van der Waals surface area contributed by atoms with Crippen LogP contribution in [0.15, 0.2) is 48.5 Å². The third kappa shape index (κ3) is 3.67. The molecule has 2 atom stereocenters. The van der Waals surface area contributed by atoms with E-state index in [1.165, 1.54) is 0 Å². The third-order valence-corrected chi connectivity index (χ3v) is 5.41. The summed E-state index contributed by atoms with van der Waals surface area (Å²) in [5.74, 6) is -1.45. The molecule has 1 N–H and O–H groups in total. The molecule has 1 aliphatic heterocycles. The van der Waals surface area contributed by atoms with Crippen LogP contribution in [0, 0.1) is 0 Å². The van der Waals surface area contributed by atoms with E-state index >= 15 is 0 Å². The van der Waals surface area contributed by atoms with Crippen LogP contribution in [-0.4, -0.2) is 54.0 Å². The van der Waals surface area contributed by atoms with Crippen molar-refractivity contribution >= 4 is 12.1 Å². The maximum atomic E-state index is 12.6. The van der Waals surface area contributed by atoms with E-state index in [0.717, 1.165) is 27.2 Å². The van der Waals surface area contributed by atoms with Crippen molar-refractivity contribution in [3.8, 4) is 11.1 Å². The predicted octanol–water partition coefficient (Wildman–Crippen LogP) is 3.70. The van der Waals surface area contributed by atoms with Crippen molar-refractivity contribution in [3.05, 3.63) is 59.7 Å². The maximum absolute atomic E-state index is 12.6. The summed E-state index contributed by atoms with van der Waals surface area (Å²) < 4.78 is 34.8. The number of hydrogen-bond donors (Lipinski definition) is 1. The molecular formula is C21H19F2NO5. The monoisotopic (exact) mass is 403 g/mol. The lowest BCUT2D eigenvalue weighted by molar-refractivity contribution is -0.159. The van der Waals surface area contributed by atoms with Crippen LogP contribution >= 0.6 is 0 Å². The molecule has 1 aliphatic carbocycles. The van der Waals surface area contributed by atoms with Gasteiger partial charge >= 0.3 is 18.7 Å². The lowest BCUT2D eigenvalue weighted by atomic mass is 9.98. The number of carboxylic acids is 1. The normalized spacial score (nSPS) is 20.6. The fraction of sp³-hybridized carbons (Fsp3) is 0.333. The zero-order chi connectivity index (χ0) is 20.5. The number of nitrogens with zero attached hydrogens (tertiary/aromatic N) is 1. The molecule has 1 amide bonds. The number of rotatable bonds is 5. The standard InChI is InChI=1S/C21H19F2NO5/c22-20(23)29-12-9-18(19(25)26)24(10-12)21(27)28-11-17-15-7-3-1-5-13(15)14-6-2-4-8-16(14)17/h1-8,12,17-18,20H,9-11H2,(H,25,26)/t12-,18-/m0/s1. The van der Waals surface area contributed by atoms with Gasteiger partial charge < -0.3 is 14.6 Å². The molecule has 0 bridgehead atoms. The van der Waals surface area contributed by atoms with Crippen molar-refractivity contribution in [3.63, 3.8) is 0 Å². The van der Waals surface area contributed by atoms with E-state index in [1.807, 2.05) is 48.5 Å². The number of fused-ring (bicyclic) bond motifs is 3. The Morgan fingerprint density at radius 3 is 2.21 bits per heavy atom. The second-order valence-corrected chi connectivity index (χ2v) is 7.06. The Labute approximate surface area is 165 Å². The highest BCUT2D eigenvalue weighted by Gasteiger charge is 2.42. The molecule has 0 spiro atoms. The molecule has 1 fully saturated rings. The number of carboxylic acid groups (broad SMARTS) is 1. The summed E-state index contributed by atoms with van der Waals surface area (Å²) in [6.07, 6.45) is -2.10. The van der Waals surface area contributed by atoms with Crippen LogP contribution in [0.25, 0.3) is 11.1 Å². The molecule has 2 aliphatic rings. The van der Waals surface area contributed by atoms with Crippen LogP contribution in [0.1, 0.15) is 23.5 Å². The van der Waals surface area contributed by atoms with Gasteiger partial charge in [0, 0.05) is 12.3 Å². The van der Waals surface area contributed by atoms with Crippen LogP contribution in [0.4, 0.5) is 13.6 Å². The number of hydrogen-bond acceptors (Lipinski definition) is 4. The number of carbonyl (C=O) groups excluding carboxylic acids is 1. The van der Waals surface area contributed by atoms with Crippen molar-refractivity contribution in [1.29, 1.82) is 0 Å². The number of aliphatic carboxylic acids is 1.